The second-order valence-corrected chi connectivity index (χ2v) is 3.81. The van der Waals surface area contributed by atoms with Crippen LogP contribution in [0.15, 0.2) is 23.8 Å². The van der Waals surface area contributed by atoms with Crippen molar-refractivity contribution in [1.29, 1.82) is 0 Å². The van der Waals surface area contributed by atoms with Crippen LogP contribution < -0.4 is 0 Å². The summed E-state index contributed by atoms with van der Waals surface area (Å²) in [6.45, 7) is 1.34. The zero-order valence-electron chi connectivity index (χ0n) is 8.51. The summed E-state index contributed by atoms with van der Waals surface area (Å²) in [5, 5.41) is 17.8. The summed E-state index contributed by atoms with van der Waals surface area (Å²) in [5.41, 5.74) is -0.185. The molecule has 4 heteroatoms. The van der Waals surface area contributed by atoms with Crippen LogP contribution in [0.3, 0.4) is 0 Å². The molecule has 0 aromatic heterocycles. The lowest BCUT2D eigenvalue weighted by molar-refractivity contribution is -0.139. The van der Waals surface area contributed by atoms with Gasteiger partial charge in [-0.05, 0) is 18.9 Å². The zero-order chi connectivity index (χ0) is 11.5. The minimum absolute atomic E-state index is 0.252. The molecule has 0 radical (unpaired) electrons. The van der Waals surface area contributed by atoms with Gasteiger partial charge in [0.05, 0.1) is 17.9 Å². The largest absolute Gasteiger partial charge is 0.481 e. The first kappa shape index (κ1) is 11.7. The molecule has 2 atom stereocenters. The first-order chi connectivity index (χ1) is 7.04. The molecule has 82 valence electrons. The van der Waals surface area contributed by atoms with Gasteiger partial charge in [-0.2, -0.15) is 0 Å². The van der Waals surface area contributed by atoms with Gasteiger partial charge >= 0.3 is 5.97 Å². The number of aldehydes is 1. The van der Waals surface area contributed by atoms with E-state index in [1.807, 2.05) is 0 Å². The average molecular weight is 210 g/mol. The molecule has 0 bridgehead atoms. The fourth-order valence-electron chi connectivity index (χ4n) is 1.41. The quantitative estimate of drug-likeness (QED) is 0.672. The SMILES string of the molecule is CC(C(=O)O)C1=CCC(C=O)(CO)C=C1. The van der Waals surface area contributed by atoms with Gasteiger partial charge in [0.1, 0.15) is 6.29 Å². The van der Waals surface area contributed by atoms with E-state index in [9.17, 15) is 9.59 Å². The molecule has 15 heavy (non-hydrogen) atoms. The van der Waals surface area contributed by atoms with Crippen LogP contribution in [-0.4, -0.2) is 29.1 Å². The Hall–Kier alpha value is -1.42. The van der Waals surface area contributed by atoms with E-state index in [4.69, 9.17) is 10.2 Å². The zero-order valence-corrected chi connectivity index (χ0v) is 8.51. The maximum absolute atomic E-state index is 10.8. The van der Waals surface area contributed by atoms with E-state index in [1.165, 1.54) is 0 Å². The highest BCUT2D eigenvalue weighted by molar-refractivity contribution is 5.75. The van der Waals surface area contributed by atoms with Gasteiger partial charge in [0, 0.05) is 0 Å². The number of carbonyl (C=O) groups excluding carboxylic acids is 1. The van der Waals surface area contributed by atoms with Gasteiger partial charge in [-0.25, -0.2) is 0 Å². The van der Waals surface area contributed by atoms with E-state index in [0.29, 0.717) is 18.3 Å². The standard InChI is InChI=1S/C11H14O4/c1-8(10(14)15)9-2-4-11(6-12,7-13)5-3-9/h2-4,6,8,13H,5,7H2,1H3,(H,14,15). The van der Waals surface area contributed by atoms with Crippen molar-refractivity contribution in [3.8, 4) is 0 Å². The number of hydrogen-bond acceptors (Lipinski definition) is 3. The Morgan fingerprint density at radius 2 is 2.40 bits per heavy atom. The van der Waals surface area contributed by atoms with Crippen molar-refractivity contribution in [1.82, 2.24) is 0 Å². The number of allylic oxidation sites excluding steroid dienone is 2. The molecule has 0 fully saturated rings. The minimum Gasteiger partial charge on any atom is -0.481 e. The summed E-state index contributed by atoms with van der Waals surface area (Å²) >= 11 is 0. The summed E-state index contributed by atoms with van der Waals surface area (Å²) < 4.78 is 0. The molecule has 0 saturated carbocycles. The molecule has 1 aliphatic rings. The second-order valence-electron chi connectivity index (χ2n) is 3.81. The van der Waals surface area contributed by atoms with Gasteiger partial charge in [-0.3, -0.25) is 4.79 Å². The molecule has 0 amide bonds. The second kappa shape index (κ2) is 4.40. The van der Waals surface area contributed by atoms with E-state index >= 15 is 0 Å². The van der Waals surface area contributed by atoms with Crippen LogP contribution in [0.4, 0.5) is 0 Å². The Kier molecular flexibility index (Phi) is 3.42. The fraction of sp³-hybridized carbons (Fsp3) is 0.455. The molecular weight excluding hydrogens is 196 g/mol. The Morgan fingerprint density at radius 3 is 2.73 bits per heavy atom. The molecule has 1 aliphatic carbocycles. The maximum atomic E-state index is 10.8. The van der Waals surface area contributed by atoms with Crippen molar-refractivity contribution in [2.45, 2.75) is 13.3 Å². The van der Waals surface area contributed by atoms with Gasteiger partial charge < -0.3 is 15.0 Å². The number of hydrogen-bond donors (Lipinski definition) is 2. The minimum atomic E-state index is -0.895. The van der Waals surface area contributed by atoms with E-state index in [-0.39, 0.29) is 6.61 Å². The van der Waals surface area contributed by atoms with Gasteiger partial charge in [-0.15, -0.1) is 0 Å². The van der Waals surface area contributed by atoms with Crippen molar-refractivity contribution in [3.63, 3.8) is 0 Å². The molecule has 1 rings (SSSR count). The molecule has 2 N–H and O–H groups in total. The van der Waals surface area contributed by atoms with Crippen molar-refractivity contribution < 1.29 is 19.8 Å². The van der Waals surface area contributed by atoms with E-state index < -0.39 is 17.3 Å². The van der Waals surface area contributed by atoms with E-state index in [1.54, 1.807) is 25.2 Å². The van der Waals surface area contributed by atoms with Crippen LogP contribution >= 0.6 is 0 Å². The topological polar surface area (TPSA) is 74.6 Å². The Labute approximate surface area is 87.9 Å². The summed E-state index contributed by atoms with van der Waals surface area (Å²) in [5.74, 6) is -1.47. The Bertz CT molecular complexity index is 329. The number of carbonyl (C=O) groups is 2. The highest BCUT2D eigenvalue weighted by atomic mass is 16.4. The average Bonchev–Trinajstić information content (AvgIpc) is 2.28. The summed E-state index contributed by atoms with van der Waals surface area (Å²) in [7, 11) is 0. The molecule has 0 saturated heterocycles. The number of aliphatic hydroxyl groups excluding tert-OH is 1. The number of aliphatic carboxylic acids is 1. The van der Waals surface area contributed by atoms with Gasteiger partial charge in [0.2, 0.25) is 0 Å². The molecule has 0 aromatic rings. The van der Waals surface area contributed by atoms with Crippen LogP contribution in [0, 0.1) is 11.3 Å². The van der Waals surface area contributed by atoms with Crippen LogP contribution in [0.2, 0.25) is 0 Å². The number of rotatable bonds is 4. The van der Waals surface area contributed by atoms with E-state index in [2.05, 4.69) is 0 Å². The van der Waals surface area contributed by atoms with E-state index in [0.717, 1.165) is 0 Å². The van der Waals surface area contributed by atoms with Crippen LogP contribution in [-0.2, 0) is 9.59 Å². The van der Waals surface area contributed by atoms with Crippen LogP contribution in [0.1, 0.15) is 13.3 Å². The predicted molar refractivity (Wildman–Crippen MR) is 54.2 cm³/mol. The lowest BCUT2D eigenvalue weighted by Gasteiger charge is -2.24. The number of aliphatic hydroxyl groups is 1. The molecule has 4 nitrogen and oxygen atoms in total. The third-order valence-electron chi connectivity index (χ3n) is 2.73. The molecule has 0 aliphatic heterocycles. The first-order valence-corrected chi connectivity index (χ1v) is 4.74. The van der Waals surface area contributed by atoms with Crippen molar-refractivity contribution >= 4 is 12.3 Å². The fourth-order valence-corrected chi connectivity index (χ4v) is 1.41. The number of carboxylic acid groups (broad SMARTS) is 1. The molecule has 0 aromatic carbocycles. The maximum Gasteiger partial charge on any atom is 0.310 e. The molecule has 0 spiro atoms. The van der Waals surface area contributed by atoms with Crippen molar-refractivity contribution in [3.05, 3.63) is 23.8 Å². The lowest BCUT2D eigenvalue weighted by Crippen LogP contribution is -2.26. The Morgan fingerprint density at radius 1 is 1.73 bits per heavy atom. The molecule has 2 unspecified atom stereocenters. The van der Waals surface area contributed by atoms with Crippen LogP contribution in [0.5, 0.6) is 0 Å². The predicted octanol–water partition coefficient (Wildman–Crippen LogP) is 0.771. The summed E-state index contributed by atoms with van der Waals surface area (Å²) in [4.78, 5) is 21.5. The van der Waals surface area contributed by atoms with Gasteiger partial charge in [0.25, 0.3) is 0 Å². The Balaban J connectivity index is 2.80. The normalized spacial score (nSPS) is 26.9. The van der Waals surface area contributed by atoms with Crippen molar-refractivity contribution in [2.24, 2.45) is 11.3 Å². The molecular formula is C11H14O4. The van der Waals surface area contributed by atoms with Gasteiger partial charge in [-0.1, -0.05) is 18.2 Å². The lowest BCUT2D eigenvalue weighted by atomic mass is 9.80. The van der Waals surface area contributed by atoms with Crippen molar-refractivity contribution in [2.75, 3.05) is 6.61 Å². The number of carboxylic acids is 1. The van der Waals surface area contributed by atoms with Crippen LogP contribution in [0.25, 0.3) is 0 Å². The third-order valence-corrected chi connectivity index (χ3v) is 2.73. The highest BCUT2D eigenvalue weighted by Crippen LogP contribution is 2.29. The summed E-state index contributed by atoms with van der Waals surface area (Å²) in [6, 6.07) is 0. The smallest absolute Gasteiger partial charge is 0.310 e. The monoisotopic (exact) mass is 210 g/mol. The highest BCUT2D eigenvalue weighted by Gasteiger charge is 2.28. The first-order valence-electron chi connectivity index (χ1n) is 4.74. The third kappa shape index (κ3) is 2.33. The van der Waals surface area contributed by atoms with Gasteiger partial charge in [0.15, 0.2) is 0 Å². The molecule has 0 heterocycles. The summed E-state index contributed by atoms with van der Waals surface area (Å²) in [6.07, 6.45) is 5.93.